The van der Waals surface area contributed by atoms with Gasteiger partial charge in [-0.05, 0) is 18.8 Å². The normalized spacial score (nSPS) is 35.4. The standard InChI is InChI=1S/C9H10O3S/c10-8(11)7-4-6(7)3-5-1-2-13-9(5)12/h3,6-7H,1-2,4H2,(H,10,11)/b5-3+. The molecule has 4 heteroatoms. The quantitative estimate of drug-likeness (QED) is 0.679. The monoisotopic (exact) mass is 198 g/mol. The molecule has 0 radical (unpaired) electrons. The summed E-state index contributed by atoms with van der Waals surface area (Å²) in [7, 11) is 0. The largest absolute Gasteiger partial charge is 0.481 e. The molecule has 0 spiro atoms. The van der Waals surface area contributed by atoms with Gasteiger partial charge in [0.05, 0.1) is 5.92 Å². The summed E-state index contributed by atoms with van der Waals surface area (Å²) in [5.74, 6) is 0.00998. The molecule has 1 saturated heterocycles. The van der Waals surface area contributed by atoms with Gasteiger partial charge >= 0.3 is 5.97 Å². The molecule has 1 saturated carbocycles. The van der Waals surface area contributed by atoms with Crippen LogP contribution in [-0.2, 0) is 9.59 Å². The molecular weight excluding hydrogens is 188 g/mol. The van der Waals surface area contributed by atoms with Gasteiger partial charge in [0.1, 0.15) is 0 Å². The highest BCUT2D eigenvalue weighted by molar-refractivity contribution is 8.14. The van der Waals surface area contributed by atoms with E-state index in [1.807, 2.05) is 6.08 Å². The van der Waals surface area contributed by atoms with Gasteiger partial charge in [-0.25, -0.2) is 0 Å². The number of carboxylic acids is 1. The van der Waals surface area contributed by atoms with E-state index in [0.29, 0.717) is 6.42 Å². The van der Waals surface area contributed by atoms with E-state index in [0.717, 1.165) is 17.7 Å². The smallest absolute Gasteiger partial charge is 0.307 e. The van der Waals surface area contributed by atoms with Crippen LogP contribution in [0, 0.1) is 11.8 Å². The van der Waals surface area contributed by atoms with Crippen LogP contribution in [0.3, 0.4) is 0 Å². The summed E-state index contributed by atoms with van der Waals surface area (Å²) >= 11 is 1.33. The zero-order valence-corrected chi connectivity index (χ0v) is 7.84. The van der Waals surface area contributed by atoms with Gasteiger partial charge in [-0.2, -0.15) is 0 Å². The Hall–Kier alpha value is -0.770. The molecular formula is C9H10O3S. The van der Waals surface area contributed by atoms with Crippen molar-refractivity contribution in [2.24, 2.45) is 11.8 Å². The first-order valence-corrected chi connectivity index (χ1v) is 5.27. The maximum atomic E-state index is 11.2. The Kier molecular flexibility index (Phi) is 2.15. The Bertz CT molecular complexity index is 295. The second kappa shape index (κ2) is 3.18. The molecule has 0 bridgehead atoms. The van der Waals surface area contributed by atoms with Gasteiger partial charge in [0.15, 0.2) is 0 Å². The zero-order valence-electron chi connectivity index (χ0n) is 7.03. The second-order valence-electron chi connectivity index (χ2n) is 3.42. The summed E-state index contributed by atoms with van der Waals surface area (Å²) in [6.07, 6.45) is 3.38. The van der Waals surface area contributed by atoms with Crippen LogP contribution in [0.5, 0.6) is 0 Å². The van der Waals surface area contributed by atoms with E-state index in [-0.39, 0.29) is 17.0 Å². The van der Waals surface area contributed by atoms with Crippen LogP contribution in [-0.4, -0.2) is 21.9 Å². The molecule has 0 aromatic carbocycles. The van der Waals surface area contributed by atoms with Gasteiger partial charge in [0, 0.05) is 11.3 Å². The van der Waals surface area contributed by atoms with E-state index in [1.54, 1.807) is 0 Å². The molecule has 3 nitrogen and oxygen atoms in total. The molecule has 1 aliphatic heterocycles. The van der Waals surface area contributed by atoms with Gasteiger partial charge < -0.3 is 5.11 Å². The predicted molar refractivity (Wildman–Crippen MR) is 49.4 cm³/mol. The molecule has 0 amide bonds. The average Bonchev–Trinajstić information content (AvgIpc) is 2.72. The molecule has 2 rings (SSSR count). The minimum Gasteiger partial charge on any atom is -0.481 e. The van der Waals surface area contributed by atoms with Gasteiger partial charge in [0.2, 0.25) is 5.12 Å². The lowest BCUT2D eigenvalue weighted by Crippen LogP contribution is -1.99. The maximum Gasteiger partial charge on any atom is 0.307 e. The topological polar surface area (TPSA) is 54.4 Å². The first kappa shape index (κ1) is 8.81. The van der Waals surface area contributed by atoms with Crippen molar-refractivity contribution in [3.8, 4) is 0 Å². The van der Waals surface area contributed by atoms with Crippen LogP contribution in [0.4, 0.5) is 0 Å². The van der Waals surface area contributed by atoms with Gasteiger partial charge in [-0.3, -0.25) is 9.59 Å². The molecule has 1 heterocycles. The molecule has 2 aliphatic rings. The van der Waals surface area contributed by atoms with Crippen molar-refractivity contribution in [1.82, 2.24) is 0 Å². The van der Waals surface area contributed by atoms with E-state index in [1.165, 1.54) is 11.8 Å². The third-order valence-corrected chi connectivity index (χ3v) is 3.37. The van der Waals surface area contributed by atoms with Crippen molar-refractivity contribution in [2.45, 2.75) is 12.8 Å². The fraction of sp³-hybridized carbons (Fsp3) is 0.556. The summed E-state index contributed by atoms with van der Waals surface area (Å²) in [4.78, 5) is 21.7. The number of hydrogen-bond donors (Lipinski definition) is 1. The lowest BCUT2D eigenvalue weighted by atomic mass is 10.1. The summed E-state index contributed by atoms with van der Waals surface area (Å²) in [5.41, 5.74) is 0.832. The van der Waals surface area contributed by atoms with E-state index in [2.05, 4.69) is 0 Å². The summed E-state index contributed by atoms with van der Waals surface area (Å²) in [6.45, 7) is 0. The van der Waals surface area contributed by atoms with E-state index >= 15 is 0 Å². The van der Waals surface area contributed by atoms with Gasteiger partial charge in [-0.1, -0.05) is 17.8 Å². The van der Waals surface area contributed by atoms with Crippen LogP contribution in [0.1, 0.15) is 12.8 Å². The third kappa shape index (κ3) is 1.77. The number of aliphatic carboxylic acids is 1. The van der Waals surface area contributed by atoms with Crippen molar-refractivity contribution in [1.29, 1.82) is 0 Å². The third-order valence-electron chi connectivity index (χ3n) is 2.44. The minimum absolute atomic E-state index is 0.121. The van der Waals surface area contributed by atoms with E-state index < -0.39 is 5.97 Å². The molecule has 70 valence electrons. The Morgan fingerprint density at radius 3 is 2.85 bits per heavy atom. The molecule has 1 aliphatic carbocycles. The minimum atomic E-state index is -0.736. The maximum absolute atomic E-state index is 11.2. The second-order valence-corrected chi connectivity index (χ2v) is 4.49. The Morgan fingerprint density at radius 2 is 2.38 bits per heavy atom. The predicted octanol–water partition coefficient (Wildman–Crippen LogP) is 1.30. The van der Waals surface area contributed by atoms with Crippen molar-refractivity contribution in [3.05, 3.63) is 11.6 Å². The van der Waals surface area contributed by atoms with Gasteiger partial charge in [-0.15, -0.1) is 0 Å². The first-order valence-electron chi connectivity index (χ1n) is 4.29. The Labute approximate surface area is 80.2 Å². The fourth-order valence-electron chi connectivity index (χ4n) is 1.54. The first-order chi connectivity index (χ1) is 6.18. The number of thioether (sulfide) groups is 1. The summed E-state index contributed by atoms with van der Waals surface area (Å²) in [6, 6.07) is 0. The zero-order chi connectivity index (χ0) is 9.42. The molecule has 2 fully saturated rings. The number of hydrogen-bond acceptors (Lipinski definition) is 3. The highest BCUT2D eigenvalue weighted by Gasteiger charge is 2.42. The highest BCUT2D eigenvalue weighted by atomic mass is 32.2. The number of rotatable bonds is 2. The Balaban J connectivity index is 1.98. The number of allylic oxidation sites excluding steroid dienone is 1. The lowest BCUT2D eigenvalue weighted by molar-refractivity contribution is -0.138. The summed E-state index contributed by atoms with van der Waals surface area (Å²) < 4.78 is 0. The van der Waals surface area contributed by atoms with E-state index in [9.17, 15) is 9.59 Å². The van der Waals surface area contributed by atoms with Crippen LogP contribution in [0.25, 0.3) is 0 Å². The Morgan fingerprint density at radius 1 is 1.62 bits per heavy atom. The number of carbonyl (C=O) groups excluding carboxylic acids is 1. The van der Waals surface area contributed by atoms with Crippen molar-refractivity contribution in [3.63, 3.8) is 0 Å². The number of carbonyl (C=O) groups is 2. The van der Waals surface area contributed by atoms with Crippen molar-refractivity contribution < 1.29 is 14.7 Å². The van der Waals surface area contributed by atoms with Gasteiger partial charge in [0.25, 0.3) is 0 Å². The van der Waals surface area contributed by atoms with Crippen molar-refractivity contribution >= 4 is 22.8 Å². The number of carboxylic acid groups (broad SMARTS) is 1. The fourth-order valence-corrected chi connectivity index (χ4v) is 2.40. The molecule has 13 heavy (non-hydrogen) atoms. The van der Waals surface area contributed by atoms with Crippen LogP contribution in [0.2, 0.25) is 0 Å². The van der Waals surface area contributed by atoms with Crippen LogP contribution < -0.4 is 0 Å². The van der Waals surface area contributed by atoms with Crippen LogP contribution >= 0.6 is 11.8 Å². The molecule has 2 unspecified atom stereocenters. The average molecular weight is 198 g/mol. The van der Waals surface area contributed by atoms with Crippen molar-refractivity contribution in [2.75, 3.05) is 5.75 Å². The van der Waals surface area contributed by atoms with E-state index in [4.69, 9.17) is 5.11 Å². The molecule has 0 aromatic heterocycles. The SMILES string of the molecule is O=C1SCC/C1=C\C1CC1C(=O)O. The molecule has 1 N–H and O–H groups in total. The summed E-state index contributed by atoms with van der Waals surface area (Å²) in [5, 5.41) is 8.78. The highest BCUT2D eigenvalue weighted by Crippen LogP contribution is 2.42. The molecule has 0 aromatic rings. The van der Waals surface area contributed by atoms with Crippen LogP contribution in [0.15, 0.2) is 11.6 Å². The molecule has 2 atom stereocenters. The lowest BCUT2D eigenvalue weighted by Gasteiger charge is -1.91.